The molecule has 0 atom stereocenters. The lowest BCUT2D eigenvalue weighted by molar-refractivity contribution is 0.0712. The van der Waals surface area contributed by atoms with Crippen molar-refractivity contribution in [2.45, 2.75) is 33.1 Å². The number of nitrogens with zero attached hydrogens (tertiary/aromatic N) is 3. The third-order valence-corrected chi connectivity index (χ3v) is 5.18. The summed E-state index contributed by atoms with van der Waals surface area (Å²) in [6, 6.07) is 0. The van der Waals surface area contributed by atoms with Crippen LogP contribution in [0.15, 0.2) is 0 Å². The molecule has 0 aliphatic heterocycles. The van der Waals surface area contributed by atoms with Crippen molar-refractivity contribution in [3.63, 3.8) is 0 Å². The number of hydrogen-bond donors (Lipinski definition) is 1. The number of rotatable bonds is 6. The molecule has 1 aliphatic rings. The monoisotopic (exact) mass is 296 g/mol. The van der Waals surface area contributed by atoms with Gasteiger partial charge in [0.2, 0.25) is 0 Å². The van der Waals surface area contributed by atoms with Gasteiger partial charge in [0.05, 0.1) is 0 Å². The van der Waals surface area contributed by atoms with Crippen LogP contribution < -0.4 is 10.6 Å². The number of carbonyl (C=O) groups is 1. The number of thiazole rings is 1. The lowest BCUT2D eigenvalue weighted by Gasteiger charge is -2.31. The first-order valence-corrected chi connectivity index (χ1v) is 8.15. The van der Waals surface area contributed by atoms with Gasteiger partial charge in [-0.25, -0.2) is 4.98 Å². The number of amides is 1. The molecule has 5 nitrogen and oxygen atoms in total. The molecule has 6 heteroatoms. The van der Waals surface area contributed by atoms with Crippen molar-refractivity contribution in [2.75, 3.05) is 37.3 Å². The first-order valence-electron chi connectivity index (χ1n) is 7.33. The Labute approximate surface area is 124 Å². The molecular formula is C14H24N4OS. The van der Waals surface area contributed by atoms with Crippen LogP contribution in [0.3, 0.4) is 0 Å². The van der Waals surface area contributed by atoms with E-state index < -0.39 is 0 Å². The number of nitrogen functional groups attached to an aromatic ring is 1. The van der Waals surface area contributed by atoms with Crippen LogP contribution in [0.1, 0.15) is 42.8 Å². The van der Waals surface area contributed by atoms with Gasteiger partial charge in [-0.3, -0.25) is 4.79 Å². The van der Waals surface area contributed by atoms with E-state index in [1.165, 1.54) is 30.6 Å². The summed E-state index contributed by atoms with van der Waals surface area (Å²) >= 11 is 1.40. The normalized spacial score (nSPS) is 14.9. The summed E-state index contributed by atoms with van der Waals surface area (Å²) in [5.41, 5.74) is 5.93. The van der Waals surface area contributed by atoms with Crippen LogP contribution in [0.25, 0.3) is 0 Å². The Morgan fingerprint density at radius 3 is 2.60 bits per heavy atom. The maximum atomic E-state index is 12.6. The molecule has 1 aliphatic carbocycles. The van der Waals surface area contributed by atoms with E-state index in [0.717, 1.165) is 24.8 Å². The van der Waals surface area contributed by atoms with Gasteiger partial charge in [-0.15, -0.1) is 0 Å². The van der Waals surface area contributed by atoms with Crippen LogP contribution in [-0.4, -0.2) is 42.5 Å². The van der Waals surface area contributed by atoms with Gasteiger partial charge in [-0.2, -0.15) is 0 Å². The molecule has 0 bridgehead atoms. The number of nitrogens with two attached hydrogens (primary N) is 1. The Hall–Kier alpha value is -1.30. The van der Waals surface area contributed by atoms with Crippen LogP contribution in [0, 0.1) is 5.92 Å². The first kappa shape index (κ1) is 15.1. The zero-order valence-electron chi connectivity index (χ0n) is 12.6. The predicted molar refractivity (Wildman–Crippen MR) is 84.4 cm³/mol. The molecule has 0 aromatic carbocycles. The lowest BCUT2D eigenvalue weighted by Crippen LogP contribution is -2.37. The van der Waals surface area contributed by atoms with E-state index in [9.17, 15) is 4.79 Å². The van der Waals surface area contributed by atoms with Crippen LogP contribution in [0.5, 0.6) is 0 Å². The number of anilines is 2. The molecule has 0 unspecified atom stereocenters. The lowest BCUT2D eigenvalue weighted by atomic mass is 9.85. The molecule has 20 heavy (non-hydrogen) atoms. The Kier molecular flexibility index (Phi) is 4.86. The molecule has 2 N–H and O–H groups in total. The number of hydrogen-bond acceptors (Lipinski definition) is 5. The van der Waals surface area contributed by atoms with Gasteiger partial charge in [0.1, 0.15) is 10.7 Å². The van der Waals surface area contributed by atoms with Gasteiger partial charge in [-0.1, -0.05) is 17.8 Å². The SMILES string of the molecule is CCN(CC1CCC1)C(=O)c1sc(N(C)CC)nc1N. The summed E-state index contributed by atoms with van der Waals surface area (Å²) in [6.07, 6.45) is 3.78. The smallest absolute Gasteiger partial charge is 0.267 e. The highest BCUT2D eigenvalue weighted by Gasteiger charge is 2.26. The molecule has 2 rings (SSSR count). The average molecular weight is 296 g/mol. The maximum Gasteiger partial charge on any atom is 0.267 e. The topological polar surface area (TPSA) is 62.5 Å². The molecule has 1 heterocycles. The number of carbonyl (C=O) groups excluding carboxylic acids is 1. The van der Waals surface area contributed by atoms with Crippen molar-refractivity contribution in [2.24, 2.45) is 5.92 Å². The third-order valence-electron chi connectivity index (χ3n) is 4.01. The Bertz CT molecular complexity index is 470. The van der Waals surface area contributed by atoms with Gasteiger partial charge in [0, 0.05) is 26.7 Å². The van der Waals surface area contributed by atoms with Gasteiger partial charge >= 0.3 is 0 Å². The predicted octanol–water partition coefficient (Wildman–Crippen LogP) is 2.44. The first-order chi connectivity index (χ1) is 9.56. The summed E-state index contributed by atoms with van der Waals surface area (Å²) in [4.78, 5) is 21.4. The standard InChI is InChI=1S/C14H24N4OS/c1-4-17(3)14-16-12(15)11(20-14)13(19)18(5-2)9-10-7-6-8-10/h10H,4-9,15H2,1-3H3. The molecule has 0 spiro atoms. The van der Waals surface area contributed by atoms with Crippen LogP contribution in [-0.2, 0) is 0 Å². The van der Waals surface area contributed by atoms with Crippen LogP contribution >= 0.6 is 11.3 Å². The van der Waals surface area contributed by atoms with Crippen molar-refractivity contribution in [1.29, 1.82) is 0 Å². The summed E-state index contributed by atoms with van der Waals surface area (Å²) in [7, 11) is 1.96. The highest BCUT2D eigenvalue weighted by molar-refractivity contribution is 7.18. The Balaban J connectivity index is 2.11. The maximum absolute atomic E-state index is 12.6. The van der Waals surface area contributed by atoms with Gasteiger partial charge < -0.3 is 15.5 Å². The minimum Gasteiger partial charge on any atom is -0.382 e. The summed E-state index contributed by atoms with van der Waals surface area (Å²) in [5, 5.41) is 0.813. The molecule has 1 aromatic heterocycles. The third kappa shape index (κ3) is 3.06. The van der Waals surface area contributed by atoms with Crippen LogP contribution in [0.2, 0.25) is 0 Å². The Morgan fingerprint density at radius 1 is 1.40 bits per heavy atom. The van der Waals surface area contributed by atoms with Gasteiger partial charge in [0.25, 0.3) is 5.91 Å². The fourth-order valence-corrected chi connectivity index (χ4v) is 3.24. The zero-order valence-corrected chi connectivity index (χ0v) is 13.4. The van der Waals surface area contributed by atoms with Crippen molar-refractivity contribution in [3.05, 3.63) is 4.88 Å². The highest BCUT2D eigenvalue weighted by atomic mass is 32.1. The van der Waals surface area contributed by atoms with Gasteiger partial charge in [-0.05, 0) is 32.6 Å². The second kappa shape index (κ2) is 6.43. The minimum atomic E-state index is 0.0325. The van der Waals surface area contributed by atoms with Gasteiger partial charge in [0.15, 0.2) is 5.13 Å². The van der Waals surface area contributed by atoms with Crippen LogP contribution in [0.4, 0.5) is 10.9 Å². The van der Waals surface area contributed by atoms with E-state index in [4.69, 9.17) is 5.73 Å². The summed E-state index contributed by atoms with van der Waals surface area (Å²) in [5.74, 6) is 1.07. The molecule has 0 saturated heterocycles. The second-order valence-corrected chi connectivity index (χ2v) is 6.34. The van der Waals surface area contributed by atoms with E-state index >= 15 is 0 Å². The largest absolute Gasteiger partial charge is 0.382 e. The van der Waals surface area contributed by atoms with E-state index in [2.05, 4.69) is 4.98 Å². The molecule has 0 radical (unpaired) electrons. The van der Waals surface area contributed by atoms with Crippen molar-refractivity contribution in [3.8, 4) is 0 Å². The molecule has 112 valence electrons. The van der Waals surface area contributed by atoms with E-state index in [-0.39, 0.29) is 5.91 Å². The second-order valence-electron chi connectivity index (χ2n) is 5.37. The molecular weight excluding hydrogens is 272 g/mol. The van der Waals surface area contributed by atoms with E-state index in [1.54, 1.807) is 0 Å². The van der Waals surface area contributed by atoms with Crippen molar-refractivity contribution >= 4 is 28.2 Å². The summed E-state index contributed by atoms with van der Waals surface area (Å²) < 4.78 is 0. The molecule has 1 aromatic rings. The molecule has 1 saturated carbocycles. The molecule has 1 fully saturated rings. The average Bonchev–Trinajstić information content (AvgIpc) is 2.78. The molecule has 1 amide bonds. The number of aromatic nitrogens is 1. The Morgan fingerprint density at radius 2 is 2.10 bits per heavy atom. The zero-order chi connectivity index (χ0) is 14.7. The van der Waals surface area contributed by atoms with Crippen molar-refractivity contribution < 1.29 is 4.79 Å². The fraction of sp³-hybridized carbons (Fsp3) is 0.714. The minimum absolute atomic E-state index is 0.0325. The van der Waals surface area contributed by atoms with E-state index in [1.807, 2.05) is 30.7 Å². The quantitative estimate of drug-likeness (QED) is 0.876. The van der Waals surface area contributed by atoms with Crippen molar-refractivity contribution in [1.82, 2.24) is 9.88 Å². The summed E-state index contributed by atoms with van der Waals surface area (Å²) in [6.45, 7) is 6.50. The van der Waals surface area contributed by atoms with E-state index in [0.29, 0.717) is 16.6 Å². The fourth-order valence-electron chi connectivity index (χ4n) is 2.26. The highest BCUT2D eigenvalue weighted by Crippen LogP contribution is 2.31.